The summed E-state index contributed by atoms with van der Waals surface area (Å²) in [6, 6.07) is 13.9. The van der Waals surface area contributed by atoms with Gasteiger partial charge in [0.15, 0.2) is 0 Å². The SMILES string of the molecule is COCCOCc1ccc(CNC(=O)NCc2ccc(C(=O)O)cc2)cc1. The highest BCUT2D eigenvalue weighted by Gasteiger charge is 2.04. The van der Waals surface area contributed by atoms with Crippen LogP contribution in [0, 0.1) is 0 Å². The summed E-state index contributed by atoms with van der Waals surface area (Å²) in [5.74, 6) is -0.972. The van der Waals surface area contributed by atoms with Crippen LogP contribution in [-0.4, -0.2) is 37.4 Å². The van der Waals surface area contributed by atoms with E-state index in [0.717, 1.165) is 16.7 Å². The third-order valence-corrected chi connectivity index (χ3v) is 3.83. The topological polar surface area (TPSA) is 96.9 Å². The first-order chi connectivity index (χ1) is 13.1. The molecular formula is C20H24N2O5. The molecule has 144 valence electrons. The maximum Gasteiger partial charge on any atom is 0.335 e. The zero-order valence-corrected chi connectivity index (χ0v) is 15.2. The number of aromatic carboxylic acids is 1. The van der Waals surface area contributed by atoms with Gasteiger partial charge in [0.25, 0.3) is 0 Å². The third-order valence-electron chi connectivity index (χ3n) is 3.83. The van der Waals surface area contributed by atoms with Crippen LogP contribution in [0.1, 0.15) is 27.0 Å². The van der Waals surface area contributed by atoms with Gasteiger partial charge < -0.3 is 25.2 Å². The number of nitrogens with one attached hydrogen (secondary N) is 2. The second-order valence-corrected chi connectivity index (χ2v) is 5.90. The number of amides is 2. The van der Waals surface area contributed by atoms with E-state index in [1.165, 1.54) is 12.1 Å². The molecule has 0 aliphatic carbocycles. The van der Waals surface area contributed by atoms with Gasteiger partial charge in [-0.05, 0) is 28.8 Å². The molecule has 2 aromatic carbocycles. The van der Waals surface area contributed by atoms with Crippen LogP contribution in [0.2, 0.25) is 0 Å². The summed E-state index contributed by atoms with van der Waals surface area (Å²) in [7, 11) is 1.64. The number of hydrogen-bond donors (Lipinski definition) is 3. The van der Waals surface area contributed by atoms with E-state index in [1.807, 2.05) is 24.3 Å². The number of rotatable bonds is 10. The number of benzene rings is 2. The van der Waals surface area contributed by atoms with Gasteiger partial charge in [0.1, 0.15) is 0 Å². The first kappa shape index (κ1) is 20.4. The lowest BCUT2D eigenvalue weighted by atomic mass is 10.1. The lowest BCUT2D eigenvalue weighted by molar-refractivity contribution is 0.0616. The summed E-state index contributed by atoms with van der Waals surface area (Å²) >= 11 is 0. The lowest BCUT2D eigenvalue weighted by Crippen LogP contribution is -2.34. The Balaban J connectivity index is 1.69. The van der Waals surface area contributed by atoms with Crippen molar-refractivity contribution in [3.8, 4) is 0 Å². The summed E-state index contributed by atoms with van der Waals surface area (Å²) < 4.78 is 10.4. The minimum absolute atomic E-state index is 0.218. The summed E-state index contributed by atoms with van der Waals surface area (Å²) in [6.45, 7) is 2.39. The molecule has 0 heterocycles. The second kappa shape index (κ2) is 10.9. The van der Waals surface area contributed by atoms with E-state index in [-0.39, 0.29) is 11.6 Å². The minimum atomic E-state index is -0.972. The van der Waals surface area contributed by atoms with Crippen molar-refractivity contribution in [2.75, 3.05) is 20.3 Å². The Hall–Kier alpha value is -2.90. The summed E-state index contributed by atoms with van der Waals surface area (Å²) in [5.41, 5.74) is 3.09. The van der Waals surface area contributed by atoms with Gasteiger partial charge in [0.2, 0.25) is 0 Å². The van der Waals surface area contributed by atoms with Crippen LogP contribution in [0.15, 0.2) is 48.5 Å². The zero-order chi connectivity index (χ0) is 19.5. The molecule has 0 aliphatic heterocycles. The predicted molar refractivity (Wildman–Crippen MR) is 100 cm³/mol. The Labute approximate surface area is 158 Å². The molecule has 0 saturated heterocycles. The van der Waals surface area contributed by atoms with E-state index in [9.17, 15) is 9.59 Å². The average Bonchev–Trinajstić information content (AvgIpc) is 2.69. The second-order valence-electron chi connectivity index (χ2n) is 5.90. The highest BCUT2D eigenvalue weighted by molar-refractivity contribution is 5.87. The van der Waals surface area contributed by atoms with Crippen molar-refractivity contribution in [2.45, 2.75) is 19.7 Å². The van der Waals surface area contributed by atoms with Crippen LogP contribution >= 0.6 is 0 Å². The van der Waals surface area contributed by atoms with Crippen molar-refractivity contribution in [1.82, 2.24) is 10.6 Å². The summed E-state index contributed by atoms with van der Waals surface area (Å²) in [4.78, 5) is 22.7. The molecule has 0 atom stereocenters. The molecule has 2 amide bonds. The standard InChI is InChI=1S/C20H24N2O5/c1-26-10-11-27-14-17-4-2-15(3-5-17)12-21-20(25)22-13-16-6-8-18(9-7-16)19(23)24/h2-9H,10-14H2,1H3,(H,23,24)(H2,21,22,25). The first-order valence-electron chi connectivity index (χ1n) is 8.57. The molecule has 0 spiro atoms. The number of carbonyl (C=O) groups is 2. The molecule has 0 radical (unpaired) electrons. The van der Waals surface area contributed by atoms with Gasteiger partial charge in [-0.15, -0.1) is 0 Å². The monoisotopic (exact) mass is 372 g/mol. The van der Waals surface area contributed by atoms with Crippen LogP contribution < -0.4 is 10.6 Å². The lowest BCUT2D eigenvalue weighted by Gasteiger charge is -2.09. The average molecular weight is 372 g/mol. The molecule has 27 heavy (non-hydrogen) atoms. The Morgan fingerprint density at radius 3 is 1.89 bits per heavy atom. The Morgan fingerprint density at radius 2 is 1.37 bits per heavy atom. The van der Waals surface area contributed by atoms with Crippen LogP contribution in [0.4, 0.5) is 4.79 Å². The highest BCUT2D eigenvalue weighted by Crippen LogP contribution is 2.06. The molecule has 0 fully saturated rings. The van der Waals surface area contributed by atoms with E-state index in [0.29, 0.717) is 32.9 Å². The number of urea groups is 1. The van der Waals surface area contributed by atoms with Gasteiger partial charge in [-0.3, -0.25) is 0 Å². The fraction of sp³-hybridized carbons (Fsp3) is 0.300. The number of carboxylic acid groups (broad SMARTS) is 1. The smallest absolute Gasteiger partial charge is 0.335 e. The number of carbonyl (C=O) groups excluding carboxylic acids is 1. The molecule has 0 aromatic heterocycles. The maximum atomic E-state index is 11.9. The van der Waals surface area contributed by atoms with Crippen molar-refractivity contribution >= 4 is 12.0 Å². The first-order valence-corrected chi connectivity index (χ1v) is 8.57. The predicted octanol–water partition coefficient (Wildman–Crippen LogP) is 2.55. The maximum absolute atomic E-state index is 11.9. The Bertz CT molecular complexity index is 729. The molecule has 7 nitrogen and oxygen atoms in total. The van der Waals surface area contributed by atoms with Crippen molar-refractivity contribution in [1.29, 1.82) is 0 Å². The van der Waals surface area contributed by atoms with E-state index in [1.54, 1.807) is 19.2 Å². The van der Waals surface area contributed by atoms with Gasteiger partial charge in [-0.1, -0.05) is 36.4 Å². The number of methoxy groups -OCH3 is 1. The zero-order valence-electron chi connectivity index (χ0n) is 15.2. The summed E-state index contributed by atoms with van der Waals surface area (Å²) in [5, 5.41) is 14.4. The molecule has 0 unspecified atom stereocenters. The molecule has 0 saturated carbocycles. The Morgan fingerprint density at radius 1 is 0.852 bits per heavy atom. The van der Waals surface area contributed by atoms with E-state index < -0.39 is 5.97 Å². The summed E-state index contributed by atoms with van der Waals surface area (Å²) in [6.07, 6.45) is 0. The minimum Gasteiger partial charge on any atom is -0.478 e. The van der Waals surface area contributed by atoms with E-state index in [4.69, 9.17) is 14.6 Å². The molecular weight excluding hydrogens is 348 g/mol. The van der Waals surface area contributed by atoms with Gasteiger partial charge in [-0.2, -0.15) is 0 Å². The van der Waals surface area contributed by atoms with Gasteiger partial charge in [0, 0.05) is 20.2 Å². The van der Waals surface area contributed by atoms with Crippen LogP contribution in [0.25, 0.3) is 0 Å². The van der Waals surface area contributed by atoms with Crippen LogP contribution in [0.5, 0.6) is 0 Å². The number of hydrogen-bond acceptors (Lipinski definition) is 4. The van der Waals surface area contributed by atoms with Gasteiger partial charge >= 0.3 is 12.0 Å². The van der Waals surface area contributed by atoms with Gasteiger partial charge in [-0.25, -0.2) is 9.59 Å². The van der Waals surface area contributed by atoms with Crippen LogP contribution in [-0.2, 0) is 29.2 Å². The van der Waals surface area contributed by atoms with Crippen molar-refractivity contribution in [3.63, 3.8) is 0 Å². The van der Waals surface area contributed by atoms with E-state index >= 15 is 0 Å². The largest absolute Gasteiger partial charge is 0.478 e. The molecule has 3 N–H and O–H groups in total. The Kier molecular flexibility index (Phi) is 8.28. The molecule has 0 bridgehead atoms. The fourth-order valence-corrected chi connectivity index (χ4v) is 2.28. The highest BCUT2D eigenvalue weighted by atomic mass is 16.5. The van der Waals surface area contributed by atoms with Gasteiger partial charge in [0.05, 0.1) is 25.4 Å². The van der Waals surface area contributed by atoms with Crippen molar-refractivity contribution in [2.24, 2.45) is 0 Å². The number of ether oxygens (including phenoxy) is 2. The normalized spacial score (nSPS) is 10.4. The van der Waals surface area contributed by atoms with Crippen molar-refractivity contribution in [3.05, 3.63) is 70.8 Å². The molecule has 7 heteroatoms. The fourth-order valence-electron chi connectivity index (χ4n) is 2.28. The quantitative estimate of drug-likeness (QED) is 0.557. The van der Waals surface area contributed by atoms with Crippen LogP contribution in [0.3, 0.4) is 0 Å². The van der Waals surface area contributed by atoms with E-state index in [2.05, 4.69) is 10.6 Å². The third kappa shape index (κ3) is 7.47. The molecule has 0 aliphatic rings. The molecule has 2 aromatic rings. The van der Waals surface area contributed by atoms with Crippen molar-refractivity contribution < 1.29 is 24.2 Å². The molecule has 2 rings (SSSR count). The number of carboxylic acids is 1.